The van der Waals surface area contributed by atoms with Crippen molar-refractivity contribution in [2.45, 2.75) is 6.92 Å². The molecule has 0 bridgehead atoms. The van der Waals surface area contributed by atoms with E-state index in [0.29, 0.717) is 29.4 Å². The van der Waals surface area contributed by atoms with Crippen LogP contribution in [0.15, 0.2) is 18.2 Å². The highest BCUT2D eigenvalue weighted by Gasteiger charge is 2.38. The molecule has 1 saturated heterocycles. The van der Waals surface area contributed by atoms with Crippen LogP contribution in [0.4, 0.5) is 0 Å². The molecule has 21 heavy (non-hydrogen) atoms. The van der Waals surface area contributed by atoms with E-state index in [1.807, 2.05) is 6.92 Å². The summed E-state index contributed by atoms with van der Waals surface area (Å²) in [6, 6.07) is 4.89. The van der Waals surface area contributed by atoms with Gasteiger partial charge in [0, 0.05) is 18.1 Å². The number of methoxy groups -OCH3 is 2. The molecule has 1 heterocycles. The Morgan fingerprint density at radius 3 is 2.62 bits per heavy atom. The Morgan fingerprint density at radius 1 is 1.29 bits per heavy atom. The molecule has 0 unspecified atom stereocenters. The molecule has 114 valence electrons. The van der Waals surface area contributed by atoms with E-state index in [0.717, 1.165) is 0 Å². The zero-order valence-electron chi connectivity index (χ0n) is 12.3. The number of ether oxygens (including phenoxy) is 2. The monoisotopic (exact) mass is 311 g/mol. The Kier molecular flexibility index (Phi) is 4.73. The van der Waals surface area contributed by atoms with Gasteiger partial charge in [-0.2, -0.15) is 0 Å². The largest absolute Gasteiger partial charge is 0.496 e. The number of amides is 1. The molecule has 0 radical (unpaired) electrons. The average molecular weight is 312 g/mol. The van der Waals surface area contributed by atoms with E-state index in [9.17, 15) is 9.59 Å². The lowest BCUT2D eigenvalue weighted by atomic mass is 9.99. The van der Waals surface area contributed by atoms with Gasteiger partial charge in [0.05, 0.1) is 25.7 Å². The lowest BCUT2D eigenvalue weighted by Gasteiger charge is -2.18. The van der Waals surface area contributed by atoms with Crippen LogP contribution in [0.2, 0.25) is 5.02 Å². The quantitative estimate of drug-likeness (QED) is 0.803. The van der Waals surface area contributed by atoms with E-state index >= 15 is 0 Å². The Bertz CT molecular complexity index is 561. The van der Waals surface area contributed by atoms with Crippen LogP contribution in [0.1, 0.15) is 17.3 Å². The van der Waals surface area contributed by atoms with Gasteiger partial charge in [-0.15, -0.1) is 0 Å². The first-order valence-corrected chi connectivity index (χ1v) is 7.06. The molecule has 1 aromatic rings. The van der Waals surface area contributed by atoms with Crippen molar-refractivity contribution in [3.63, 3.8) is 0 Å². The van der Waals surface area contributed by atoms with E-state index in [2.05, 4.69) is 0 Å². The van der Waals surface area contributed by atoms with Crippen molar-refractivity contribution in [3.05, 3.63) is 28.8 Å². The number of carbonyl (C=O) groups is 2. The number of esters is 1. The number of hydrogen-bond acceptors (Lipinski definition) is 4. The normalized spacial score (nSPS) is 21.2. The maximum atomic E-state index is 12.6. The van der Waals surface area contributed by atoms with Crippen molar-refractivity contribution >= 4 is 23.5 Å². The molecule has 1 amide bonds. The molecule has 1 fully saturated rings. The summed E-state index contributed by atoms with van der Waals surface area (Å²) in [6.45, 7) is 2.82. The Balaban J connectivity index is 2.20. The second-order valence-corrected chi connectivity index (χ2v) is 5.60. The predicted molar refractivity (Wildman–Crippen MR) is 78.6 cm³/mol. The highest BCUT2D eigenvalue weighted by Crippen LogP contribution is 2.29. The summed E-state index contributed by atoms with van der Waals surface area (Å²) < 4.78 is 9.99. The molecule has 2 atom stereocenters. The second-order valence-electron chi connectivity index (χ2n) is 5.16. The summed E-state index contributed by atoms with van der Waals surface area (Å²) in [5.74, 6) is -0.221. The molecule has 0 saturated carbocycles. The van der Waals surface area contributed by atoms with Gasteiger partial charge in [0.15, 0.2) is 0 Å². The first-order valence-electron chi connectivity index (χ1n) is 6.68. The highest BCUT2D eigenvalue weighted by atomic mass is 35.5. The number of carbonyl (C=O) groups excluding carboxylic acids is 2. The van der Waals surface area contributed by atoms with E-state index in [-0.39, 0.29) is 23.7 Å². The number of nitrogens with zero attached hydrogens (tertiary/aromatic N) is 1. The summed E-state index contributed by atoms with van der Waals surface area (Å²) in [6.07, 6.45) is 0. The fourth-order valence-corrected chi connectivity index (χ4v) is 2.76. The molecule has 0 N–H and O–H groups in total. The van der Waals surface area contributed by atoms with Crippen molar-refractivity contribution in [1.29, 1.82) is 0 Å². The van der Waals surface area contributed by atoms with Gasteiger partial charge < -0.3 is 14.4 Å². The molecule has 0 spiro atoms. The zero-order valence-corrected chi connectivity index (χ0v) is 13.0. The Morgan fingerprint density at radius 2 is 2.00 bits per heavy atom. The molecule has 6 heteroatoms. The van der Waals surface area contributed by atoms with Crippen LogP contribution in [0.3, 0.4) is 0 Å². The van der Waals surface area contributed by atoms with Crippen molar-refractivity contribution in [1.82, 2.24) is 4.90 Å². The van der Waals surface area contributed by atoms with Gasteiger partial charge in [0.2, 0.25) is 0 Å². The number of likely N-dealkylation sites (tertiary alicyclic amines) is 1. The molecule has 2 rings (SSSR count). The first kappa shape index (κ1) is 15.6. The van der Waals surface area contributed by atoms with E-state index < -0.39 is 0 Å². The molecule has 0 aromatic heterocycles. The van der Waals surface area contributed by atoms with Gasteiger partial charge >= 0.3 is 5.97 Å². The number of benzene rings is 1. The Labute approximate surface area is 128 Å². The van der Waals surface area contributed by atoms with Crippen molar-refractivity contribution in [2.75, 3.05) is 27.3 Å². The van der Waals surface area contributed by atoms with Crippen molar-refractivity contribution < 1.29 is 19.1 Å². The van der Waals surface area contributed by atoms with Gasteiger partial charge in [-0.25, -0.2) is 0 Å². The molecule has 1 aromatic carbocycles. The minimum Gasteiger partial charge on any atom is -0.496 e. The molecular formula is C15H18ClNO4. The van der Waals surface area contributed by atoms with Gasteiger partial charge in [-0.1, -0.05) is 18.5 Å². The third kappa shape index (κ3) is 3.13. The molecule has 1 aliphatic heterocycles. The zero-order chi connectivity index (χ0) is 15.6. The SMILES string of the molecule is COC(=O)[C@@H]1CN(C(=O)c2ccc(Cl)cc2OC)C[C@H]1C. The molecule has 0 aliphatic carbocycles. The van der Waals surface area contributed by atoms with Gasteiger partial charge in [-0.3, -0.25) is 9.59 Å². The molecular weight excluding hydrogens is 294 g/mol. The van der Waals surface area contributed by atoms with E-state index in [4.69, 9.17) is 21.1 Å². The smallest absolute Gasteiger partial charge is 0.310 e. The standard InChI is InChI=1S/C15H18ClNO4/c1-9-7-17(8-12(9)15(19)21-3)14(18)11-5-4-10(16)6-13(11)20-2/h4-6,9,12H,7-8H2,1-3H3/t9-,12-/m1/s1. The summed E-state index contributed by atoms with van der Waals surface area (Å²) in [5, 5.41) is 0.505. The fourth-order valence-electron chi connectivity index (χ4n) is 2.60. The van der Waals surface area contributed by atoms with Crippen LogP contribution < -0.4 is 4.74 Å². The number of halogens is 1. The van der Waals surface area contributed by atoms with Crippen LogP contribution in [-0.4, -0.2) is 44.1 Å². The molecule has 5 nitrogen and oxygen atoms in total. The first-order chi connectivity index (χ1) is 9.97. The van der Waals surface area contributed by atoms with Gasteiger partial charge in [-0.05, 0) is 24.1 Å². The summed E-state index contributed by atoms with van der Waals surface area (Å²) in [5.41, 5.74) is 0.444. The van der Waals surface area contributed by atoms with Gasteiger partial charge in [0.1, 0.15) is 5.75 Å². The lowest BCUT2D eigenvalue weighted by molar-refractivity contribution is -0.146. The Hall–Kier alpha value is -1.75. The van der Waals surface area contributed by atoms with Crippen molar-refractivity contribution in [3.8, 4) is 5.75 Å². The maximum Gasteiger partial charge on any atom is 0.310 e. The number of rotatable bonds is 3. The van der Waals surface area contributed by atoms with Gasteiger partial charge in [0.25, 0.3) is 5.91 Å². The average Bonchev–Trinajstić information content (AvgIpc) is 2.87. The van der Waals surface area contributed by atoms with E-state index in [1.165, 1.54) is 14.2 Å². The van der Waals surface area contributed by atoms with Crippen LogP contribution in [0, 0.1) is 11.8 Å². The minimum absolute atomic E-state index is 0.0692. The summed E-state index contributed by atoms with van der Waals surface area (Å²) >= 11 is 5.90. The van der Waals surface area contributed by atoms with Crippen LogP contribution in [-0.2, 0) is 9.53 Å². The third-order valence-electron chi connectivity index (χ3n) is 3.80. The van der Waals surface area contributed by atoms with Crippen LogP contribution >= 0.6 is 11.6 Å². The topological polar surface area (TPSA) is 55.8 Å². The van der Waals surface area contributed by atoms with Crippen LogP contribution in [0.5, 0.6) is 5.75 Å². The minimum atomic E-state index is -0.280. The predicted octanol–water partition coefficient (Wildman–Crippen LogP) is 2.23. The number of hydrogen-bond donors (Lipinski definition) is 0. The molecule has 1 aliphatic rings. The fraction of sp³-hybridized carbons (Fsp3) is 0.467. The van der Waals surface area contributed by atoms with Crippen molar-refractivity contribution in [2.24, 2.45) is 11.8 Å². The maximum absolute atomic E-state index is 12.6. The summed E-state index contributed by atoms with van der Waals surface area (Å²) in [7, 11) is 2.86. The highest BCUT2D eigenvalue weighted by molar-refractivity contribution is 6.30. The third-order valence-corrected chi connectivity index (χ3v) is 4.03. The van der Waals surface area contributed by atoms with E-state index in [1.54, 1.807) is 23.1 Å². The second kappa shape index (κ2) is 6.35. The van der Waals surface area contributed by atoms with Crippen LogP contribution in [0.25, 0.3) is 0 Å². The lowest BCUT2D eigenvalue weighted by Crippen LogP contribution is -2.30. The summed E-state index contributed by atoms with van der Waals surface area (Å²) in [4.78, 5) is 25.9.